The molecule has 2 heterocycles. The minimum atomic E-state index is -0.354. The first kappa shape index (κ1) is 15.9. The van der Waals surface area contributed by atoms with Gasteiger partial charge in [0.1, 0.15) is 6.54 Å². The van der Waals surface area contributed by atoms with Gasteiger partial charge in [-0.2, -0.15) is 5.10 Å². The molecule has 2 aromatic heterocycles. The van der Waals surface area contributed by atoms with Gasteiger partial charge < -0.3 is 5.32 Å². The van der Waals surface area contributed by atoms with E-state index in [1.165, 1.54) is 10.7 Å². The molecule has 8 heteroatoms. The zero-order valence-corrected chi connectivity index (χ0v) is 13.3. The lowest BCUT2D eigenvalue weighted by Gasteiger charge is -2.08. The van der Waals surface area contributed by atoms with Gasteiger partial charge in [-0.1, -0.05) is 23.7 Å². The van der Waals surface area contributed by atoms with Crippen molar-refractivity contribution >= 4 is 17.5 Å². The molecule has 0 saturated heterocycles. The van der Waals surface area contributed by atoms with Crippen LogP contribution in [0.2, 0.25) is 5.02 Å². The van der Waals surface area contributed by atoms with Crippen LogP contribution in [0.25, 0.3) is 5.82 Å². The van der Waals surface area contributed by atoms with Crippen molar-refractivity contribution in [3.63, 3.8) is 0 Å². The lowest BCUT2D eigenvalue weighted by Crippen LogP contribution is -2.33. The maximum atomic E-state index is 12.0. The summed E-state index contributed by atoms with van der Waals surface area (Å²) in [6, 6.07) is 11.8. The highest BCUT2D eigenvalue weighted by Gasteiger charge is 2.08. The average molecular weight is 344 g/mol. The quantitative estimate of drug-likeness (QED) is 0.759. The summed E-state index contributed by atoms with van der Waals surface area (Å²) >= 11 is 5.82. The Morgan fingerprint density at radius 1 is 1.17 bits per heavy atom. The number of carbonyl (C=O) groups excluding carboxylic acids is 1. The Bertz CT molecular complexity index is 888. The van der Waals surface area contributed by atoms with E-state index in [0.717, 1.165) is 10.2 Å². The molecule has 0 aliphatic carbocycles. The van der Waals surface area contributed by atoms with Crippen molar-refractivity contribution in [2.45, 2.75) is 13.1 Å². The summed E-state index contributed by atoms with van der Waals surface area (Å²) < 4.78 is 2.62. The number of hydrogen-bond donors (Lipinski definition) is 1. The second-order valence-electron chi connectivity index (χ2n) is 5.04. The van der Waals surface area contributed by atoms with Crippen LogP contribution in [0.3, 0.4) is 0 Å². The predicted molar refractivity (Wildman–Crippen MR) is 88.9 cm³/mol. The van der Waals surface area contributed by atoms with Gasteiger partial charge in [-0.3, -0.25) is 9.59 Å². The topological polar surface area (TPSA) is 81.8 Å². The van der Waals surface area contributed by atoms with E-state index in [9.17, 15) is 9.59 Å². The molecule has 3 aromatic rings. The molecule has 1 N–H and O–H groups in total. The number of carbonyl (C=O) groups is 1. The van der Waals surface area contributed by atoms with Gasteiger partial charge in [-0.15, -0.1) is 5.10 Å². The van der Waals surface area contributed by atoms with Crippen molar-refractivity contribution in [3.05, 3.63) is 75.8 Å². The molecule has 0 aliphatic rings. The largest absolute Gasteiger partial charge is 0.350 e. The standard InChI is InChI=1S/C16H14ClN5O2/c17-13-4-2-12(3-5-13)10-18-15(23)11-22-16(24)7-6-14(20-22)21-9-1-8-19-21/h1-9H,10-11H2,(H,18,23). The molecule has 0 bridgehead atoms. The highest BCUT2D eigenvalue weighted by molar-refractivity contribution is 6.30. The predicted octanol–water partition coefficient (Wildman–Crippen LogP) is 1.40. The zero-order chi connectivity index (χ0) is 16.9. The third-order valence-electron chi connectivity index (χ3n) is 3.29. The van der Waals surface area contributed by atoms with E-state index in [-0.39, 0.29) is 18.0 Å². The van der Waals surface area contributed by atoms with Gasteiger partial charge in [0.05, 0.1) is 0 Å². The van der Waals surface area contributed by atoms with Gasteiger partial charge >= 0.3 is 0 Å². The molecule has 0 unspecified atom stereocenters. The minimum absolute atomic E-state index is 0.165. The van der Waals surface area contributed by atoms with E-state index in [2.05, 4.69) is 15.5 Å². The van der Waals surface area contributed by atoms with Crippen molar-refractivity contribution in [2.75, 3.05) is 0 Å². The van der Waals surface area contributed by atoms with Crippen molar-refractivity contribution in [3.8, 4) is 5.82 Å². The third-order valence-corrected chi connectivity index (χ3v) is 3.54. The molecule has 0 radical (unpaired) electrons. The first-order valence-corrected chi connectivity index (χ1v) is 7.59. The van der Waals surface area contributed by atoms with Crippen LogP contribution < -0.4 is 10.9 Å². The Morgan fingerprint density at radius 2 is 1.96 bits per heavy atom. The molecule has 0 aliphatic heterocycles. The molecule has 0 saturated carbocycles. The first-order chi connectivity index (χ1) is 11.6. The van der Waals surface area contributed by atoms with Crippen LogP contribution in [0.1, 0.15) is 5.56 Å². The maximum absolute atomic E-state index is 12.0. The number of nitrogens with zero attached hydrogens (tertiary/aromatic N) is 4. The lowest BCUT2D eigenvalue weighted by atomic mass is 10.2. The van der Waals surface area contributed by atoms with Crippen molar-refractivity contribution in [1.82, 2.24) is 24.9 Å². The first-order valence-electron chi connectivity index (χ1n) is 7.21. The fourth-order valence-corrected chi connectivity index (χ4v) is 2.20. The van der Waals surface area contributed by atoms with Gasteiger partial charge in [0.25, 0.3) is 5.56 Å². The van der Waals surface area contributed by atoms with Crippen molar-refractivity contribution in [2.24, 2.45) is 0 Å². The summed E-state index contributed by atoms with van der Waals surface area (Å²) in [5, 5.41) is 11.6. The van der Waals surface area contributed by atoms with Crippen LogP contribution >= 0.6 is 11.6 Å². The van der Waals surface area contributed by atoms with E-state index in [4.69, 9.17) is 11.6 Å². The van der Waals surface area contributed by atoms with Crippen LogP contribution in [-0.4, -0.2) is 25.5 Å². The molecular formula is C16H14ClN5O2. The van der Waals surface area contributed by atoms with Crippen LogP contribution in [0.15, 0.2) is 59.7 Å². The molecule has 0 spiro atoms. The molecule has 122 valence electrons. The summed E-state index contributed by atoms with van der Waals surface area (Å²) in [7, 11) is 0. The Morgan fingerprint density at radius 3 is 2.67 bits per heavy atom. The number of halogens is 1. The van der Waals surface area contributed by atoms with Crippen molar-refractivity contribution < 1.29 is 4.79 Å². The number of amides is 1. The fraction of sp³-hybridized carbons (Fsp3) is 0.125. The van der Waals surface area contributed by atoms with Gasteiger partial charge in [0.15, 0.2) is 5.82 Å². The molecule has 1 amide bonds. The van der Waals surface area contributed by atoms with E-state index in [0.29, 0.717) is 17.4 Å². The molecule has 1 aromatic carbocycles. The van der Waals surface area contributed by atoms with Gasteiger partial charge in [-0.25, -0.2) is 9.36 Å². The number of hydrogen-bond acceptors (Lipinski definition) is 4. The molecular weight excluding hydrogens is 330 g/mol. The molecule has 7 nitrogen and oxygen atoms in total. The van der Waals surface area contributed by atoms with Crippen LogP contribution in [0.4, 0.5) is 0 Å². The lowest BCUT2D eigenvalue weighted by molar-refractivity contribution is -0.122. The monoisotopic (exact) mass is 343 g/mol. The second kappa shape index (κ2) is 7.10. The van der Waals surface area contributed by atoms with E-state index >= 15 is 0 Å². The number of nitrogens with one attached hydrogen (secondary N) is 1. The van der Waals surface area contributed by atoms with Gasteiger partial charge in [0, 0.05) is 30.0 Å². The zero-order valence-electron chi connectivity index (χ0n) is 12.6. The highest BCUT2D eigenvalue weighted by atomic mass is 35.5. The summed E-state index contributed by atoms with van der Waals surface area (Å²) in [6.07, 6.45) is 3.31. The number of rotatable bonds is 5. The third kappa shape index (κ3) is 3.88. The van der Waals surface area contributed by atoms with E-state index < -0.39 is 0 Å². The van der Waals surface area contributed by atoms with Gasteiger partial charge in [-0.05, 0) is 29.8 Å². The summed E-state index contributed by atoms with van der Waals surface area (Å²) in [5.74, 6) is 0.155. The molecule has 24 heavy (non-hydrogen) atoms. The van der Waals surface area contributed by atoms with Crippen LogP contribution in [-0.2, 0) is 17.9 Å². The summed E-state index contributed by atoms with van der Waals surface area (Å²) in [4.78, 5) is 23.9. The highest BCUT2D eigenvalue weighted by Crippen LogP contribution is 2.09. The molecule has 0 fully saturated rings. The number of benzene rings is 1. The Kier molecular flexibility index (Phi) is 4.72. The maximum Gasteiger partial charge on any atom is 0.267 e. The summed E-state index contributed by atoms with van der Waals surface area (Å²) in [6.45, 7) is 0.186. The van der Waals surface area contributed by atoms with Crippen LogP contribution in [0.5, 0.6) is 0 Å². The average Bonchev–Trinajstić information content (AvgIpc) is 3.11. The van der Waals surface area contributed by atoms with E-state index in [1.54, 1.807) is 36.7 Å². The van der Waals surface area contributed by atoms with Crippen molar-refractivity contribution in [1.29, 1.82) is 0 Å². The minimum Gasteiger partial charge on any atom is -0.350 e. The molecule has 3 rings (SSSR count). The Hall–Kier alpha value is -2.93. The number of aromatic nitrogens is 4. The van der Waals surface area contributed by atoms with Gasteiger partial charge in [0.2, 0.25) is 5.91 Å². The van der Waals surface area contributed by atoms with E-state index in [1.807, 2.05) is 12.1 Å². The fourth-order valence-electron chi connectivity index (χ4n) is 2.07. The smallest absolute Gasteiger partial charge is 0.267 e. The molecule has 0 atom stereocenters. The second-order valence-corrected chi connectivity index (χ2v) is 5.48. The Labute approximate surface area is 142 Å². The Balaban J connectivity index is 1.66. The SMILES string of the molecule is O=C(Cn1nc(-n2cccn2)ccc1=O)NCc1ccc(Cl)cc1. The summed E-state index contributed by atoms with van der Waals surface area (Å²) in [5.41, 5.74) is 0.561. The van der Waals surface area contributed by atoms with Crippen LogP contribution in [0, 0.1) is 0 Å². The normalized spacial score (nSPS) is 10.5.